The molecular formula is C18H18N2O2S. The van der Waals surface area contributed by atoms with Crippen LogP contribution in [0.1, 0.15) is 5.56 Å². The van der Waals surface area contributed by atoms with Gasteiger partial charge in [0.05, 0.1) is 17.0 Å². The summed E-state index contributed by atoms with van der Waals surface area (Å²) in [7, 11) is 1.76. The lowest BCUT2D eigenvalue weighted by molar-refractivity contribution is 0.605. The van der Waals surface area contributed by atoms with Crippen molar-refractivity contribution >= 4 is 27.8 Å². The second-order valence-corrected chi connectivity index (χ2v) is 6.70. The minimum absolute atomic E-state index is 0.00838. The van der Waals surface area contributed by atoms with Gasteiger partial charge in [-0.1, -0.05) is 24.3 Å². The molecule has 4 nitrogen and oxygen atoms in total. The standard InChI is InChI=1S/C18H18N2O2S/c1-12-8-9-13(19-23(3)22)10-16(12)17-11-20(2)18(21)15-7-5-4-6-14(15)17/h4-11,19H,1-3H3. The third-order valence-electron chi connectivity index (χ3n) is 3.88. The second kappa shape index (κ2) is 6.10. The summed E-state index contributed by atoms with van der Waals surface area (Å²) in [6.07, 6.45) is 3.46. The van der Waals surface area contributed by atoms with Gasteiger partial charge in [0.25, 0.3) is 5.56 Å². The van der Waals surface area contributed by atoms with Gasteiger partial charge in [0.2, 0.25) is 0 Å². The third kappa shape index (κ3) is 2.98. The number of pyridine rings is 1. The topological polar surface area (TPSA) is 57.1 Å². The summed E-state index contributed by atoms with van der Waals surface area (Å²) in [4.78, 5) is 12.3. The number of aromatic nitrogens is 1. The molecule has 2 aromatic carbocycles. The highest BCUT2D eigenvalue weighted by molar-refractivity contribution is 7.92. The number of nitrogens with one attached hydrogen (secondary N) is 1. The van der Waals surface area contributed by atoms with Crippen LogP contribution in [-0.4, -0.2) is 15.4 Å². The van der Waals surface area contributed by atoms with Crippen LogP contribution in [0.15, 0.2) is 53.5 Å². The summed E-state index contributed by atoms with van der Waals surface area (Å²) in [5.74, 6) is 0. The number of hydrogen-bond donors (Lipinski definition) is 1. The predicted molar refractivity (Wildman–Crippen MR) is 97.1 cm³/mol. The summed E-state index contributed by atoms with van der Waals surface area (Å²) < 4.78 is 15.9. The Morgan fingerprint density at radius 1 is 1.09 bits per heavy atom. The lowest BCUT2D eigenvalue weighted by Gasteiger charge is -2.14. The van der Waals surface area contributed by atoms with Gasteiger partial charge in [0.1, 0.15) is 6.26 Å². The summed E-state index contributed by atoms with van der Waals surface area (Å²) in [6.45, 7) is 2.03. The minimum Gasteiger partial charge on any atom is -0.593 e. The van der Waals surface area contributed by atoms with Gasteiger partial charge in [-0.25, -0.2) is 4.72 Å². The largest absolute Gasteiger partial charge is 0.593 e. The van der Waals surface area contributed by atoms with Crippen molar-refractivity contribution in [3.8, 4) is 11.1 Å². The maximum atomic E-state index is 12.3. The van der Waals surface area contributed by atoms with Crippen LogP contribution in [0.2, 0.25) is 0 Å². The molecule has 5 heteroatoms. The van der Waals surface area contributed by atoms with Crippen LogP contribution in [0.3, 0.4) is 0 Å². The van der Waals surface area contributed by atoms with Crippen LogP contribution in [0, 0.1) is 6.92 Å². The number of aryl methyl sites for hydroxylation is 2. The van der Waals surface area contributed by atoms with Gasteiger partial charge in [-0.3, -0.25) is 4.79 Å². The first-order valence-electron chi connectivity index (χ1n) is 7.27. The molecule has 118 valence electrons. The summed E-state index contributed by atoms with van der Waals surface area (Å²) in [5.41, 5.74) is 3.90. The highest BCUT2D eigenvalue weighted by atomic mass is 32.2. The molecule has 1 aromatic heterocycles. The Morgan fingerprint density at radius 3 is 2.48 bits per heavy atom. The molecule has 0 bridgehead atoms. The van der Waals surface area contributed by atoms with E-state index in [0.29, 0.717) is 5.39 Å². The van der Waals surface area contributed by atoms with Crippen LogP contribution < -0.4 is 10.3 Å². The molecule has 0 saturated carbocycles. The molecule has 0 amide bonds. The molecule has 23 heavy (non-hydrogen) atoms. The van der Waals surface area contributed by atoms with Gasteiger partial charge in [-0.05, 0) is 41.6 Å². The molecule has 0 radical (unpaired) electrons. The van der Waals surface area contributed by atoms with Crippen molar-refractivity contribution in [1.29, 1.82) is 0 Å². The molecule has 1 N–H and O–H groups in total. The van der Waals surface area contributed by atoms with Gasteiger partial charge < -0.3 is 9.12 Å². The molecule has 3 aromatic rings. The Kier molecular flexibility index (Phi) is 4.15. The third-order valence-corrected chi connectivity index (χ3v) is 4.40. The SMILES string of the molecule is Cc1ccc(N[S+](C)[O-])cc1-c1cn(C)c(=O)c2ccccc12. The fraction of sp³-hybridized carbons (Fsp3) is 0.167. The molecule has 1 heterocycles. The zero-order chi connectivity index (χ0) is 16.6. The van der Waals surface area contributed by atoms with E-state index >= 15 is 0 Å². The van der Waals surface area contributed by atoms with E-state index in [0.717, 1.165) is 27.8 Å². The van der Waals surface area contributed by atoms with Crippen molar-refractivity contribution in [3.63, 3.8) is 0 Å². The Labute approximate surface area is 138 Å². The van der Waals surface area contributed by atoms with Crippen molar-refractivity contribution < 1.29 is 4.55 Å². The lowest BCUT2D eigenvalue weighted by Crippen LogP contribution is -2.16. The number of fused-ring (bicyclic) bond motifs is 1. The smallest absolute Gasteiger partial charge is 0.258 e. The number of rotatable bonds is 3. The molecule has 0 fully saturated rings. The monoisotopic (exact) mass is 326 g/mol. The molecule has 0 aliphatic rings. The quantitative estimate of drug-likeness (QED) is 0.752. The maximum absolute atomic E-state index is 12.3. The molecule has 0 spiro atoms. The molecule has 0 saturated heterocycles. The van der Waals surface area contributed by atoms with E-state index in [1.54, 1.807) is 17.9 Å². The maximum Gasteiger partial charge on any atom is 0.258 e. The van der Waals surface area contributed by atoms with Crippen molar-refractivity contribution in [3.05, 3.63) is 64.6 Å². The summed E-state index contributed by atoms with van der Waals surface area (Å²) >= 11 is -1.13. The van der Waals surface area contributed by atoms with Crippen LogP contribution in [0.4, 0.5) is 5.69 Å². The average Bonchev–Trinajstić information content (AvgIpc) is 2.52. The number of benzene rings is 2. The number of hydrogen-bond acceptors (Lipinski definition) is 3. The highest BCUT2D eigenvalue weighted by Gasteiger charge is 2.12. The zero-order valence-corrected chi connectivity index (χ0v) is 14.1. The molecule has 1 atom stereocenters. The van der Waals surface area contributed by atoms with Crippen molar-refractivity contribution in [1.82, 2.24) is 4.57 Å². The predicted octanol–water partition coefficient (Wildman–Crippen LogP) is 3.22. The Balaban J connectivity index is 2.29. The van der Waals surface area contributed by atoms with E-state index in [1.165, 1.54) is 0 Å². The normalized spacial score (nSPS) is 12.3. The van der Waals surface area contributed by atoms with Crippen molar-refractivity contribution in [2.24, 2.45) is 7.05 Å². The van der Waals surface area contributed by atoms with Crippen LogP contribution in [-0.2, 0) is 18.4 Å². The van der Waals surface area contributed by atoms with E-state index in [2.05, 4.69) is 4.72 Å². The lowest BCUT2D eigenvalue weighted by atomic mass is 9.96. The van der Waals surface area contributed by atoms with Crippen molar-refractivity contribution in [2.45, 2.75) is 6.92 Å². The Morgan fingerprint density at radius 2 is 1.78 bits per heavy atom. The molecule has 1 unspecified atom stereocenters. The first-order chi connectivity index (χ1) is 11.0. The van der Waals surface area contributed by atoms with E-state index in [9.17, 15) is 9.35 Å². The number of nitrogens with zero attached hydrogens (tertiary/aromatic N) is 1. The van der Waals surface area contributed by atoms with Crippen LogP contribution >= 0.6 is 0 Å². The fourth-order valence-corrected chi connectivity index (χ4v) is 3.23. The Bertz CT molecular complexity index is 932. The fourth-order valence-electron chi connectivity index (χ4n) is 2.77. The molecule has 0 aliphatic carbocycles. The van der Waals surface area contributed by atoms with E-state index in [-0.39, 0.29) is 5.56 Å². The first-order valence-corrected chi connectivity index (χ1v) is 8.82. The van der Waals surface area contributed by atoms with Crippen molar-refractivity contribution in [2.75, 3.05) is 11.0 Å². The molecular weight excluding hydrogens is 308 g/mol. The summed E-state index contributed by atoms with van der Waals surface area (Å²) in [6, 6.07) is 13.5. The second-order valence-electron chi connectivity index (χ2n) is 5.59. The summed E-state index contributed by atoms with van der Waals surface area (Å²) in [5, 5.41) is 1.62. The van der Waals surface area contributed by atoms with E-state index < -0.39 is 11.4 Å². The minimum atomic E-state index is -1.13. The van der Waals surface area contributed by atoms with E-state index in [1.807, 2.05) is 55.6 Å². The average molecular weight is 326 g/mol. The van der Waals surface area contributed by atoms with Gasteiger partial charge in [-0.15, -0.1) is 0 Å². The van der Waals surface area contributed by atoms with Gasteiger partial charge in [0, 0.05) is 24.2 Å². The zero-order valence-electron chi connectivity index (χ0n) is 13.3. The van der Waals surface area contributed by atoms with Gasteiger partial charge >= 0.3 is 0 Å². The molecule has 3 rings (SSSR count). The van der Waals surface area contributed by atoms with E-state index in [4.69, 9.17) is 0 Å². The van der Waals surface area contributed by atoms with Gasteiger partial charge in [-0.2, -0.15) is 0 Å². The first kappa shape index (κ1) is 15.6. The number of anilines is 1. The van der Waals surface area contributed by atoms with Gasteiger partial charge in [0.15, 0.2) is 0 Å². The Hall–Kier alpha value is -2.24. The van der Waals surface area contributed by atoms with Crippen LogP contribution in [0.25, 0.3) is 21.9 Å². The van der Waals surface area contributed by atoms with Crippen LogP contribution in [0.5, 0.6) is 0 Å². The highest BCUT2D eigenvalue weighted by Crippen LogP contribution is 2.31. The molecule has 0 aliphatic heterocycles.